The molecule has 56 valence electrons. The maximum absolute atomic E-state index is 11.3. The molecule has 0 aromatic carbocycles. The zero-order valence-corrected chi connectivity index (χ0v) is 6.86. The van der Waals surface area contributed by atoms with Crippen molar-refractivity contribution >= 4 is 10.8 Å². The van der Waals surface area contributed by atoms with Crippen LogP contribution in [0.4, 0.5) is 0 Å². The number of allylic oxidation sites excluding steroid dienone is 6. The third kappa shape index (κ3) is 0.942. The van der Waals surface area contributed by atoms with E-state index < -0.39 is 10.8 Å². The van der Waals surface area contributed by atoms with Gasteiger partial charge < -0.3 is 0 Å². The van der Waals surface area contributed by atoms with Gasteiger partial charge in [0, 0.05) is 16.7 Å². The van der Waals surface area contributed by atoms with Gasteiger partial charge in [0.1, 0.15) is 0 Å². The standard InChI is InChI=1S/C9H8OS/c1-7-5-6-11(10)9-4-2-3-8(7)9/h2-3,5-6H,1,4H2. The van der Waals surface area contributed by atoms with Crippen LogP contribution in [0.15, 0.2) is 46.3 Å². The van der Waals surface area contributed by atoms with Gasteiger partial charge in [-0.1, -0.05) is 18.7 Å². The Labute approximate surface area is 68.3 Å². The number of hydrogen-bond acceptors (Lipinski definition) is 1. The molecule has 2 rings (SSSR count). The summed E-state index contributed by atoms with van der Waals surface area (Å²) in [6.45, 7) is 3.86. The van der Waals surface area contributed by atoms with Crippen LogP contribution in [0.2, 0.25) is 0 Å². The second-order valence-electron chi connectivity index (χ2n) is 2.57. The van der Waals surface area contributed by atoms with Gasteiger partial charge in [-0.3, -0.25) is 0 Å². The Hall–Kier alpha value is -0.890. The lowest BCUT2D eigenvalue weighted by molar-refractivity contribution is 0.691. The van der Waals surface area contributed by atoms with E-state index in [1.165, 1.54) is 0 Å². The second kappa shape index (κ2) is 2.31. The van der Waals surface area contributed by atoms with Crippen molar-refractivity contribution < 1.29 is 4.21 Å². The van der Waals surface area contributed by atoms with Crippen molar-refractivity contribution in [2.75, 3.05) is 0 Å². The normalized spacial score (nSPS) is 28.0. The van der Waals surface area contributed by atoms with Crippen molar-refractivity contribution in [2.45, 2.75) is 6.42 Å². The molecular weight excluding hydrogens is 156 g/mol. The molecule has 1 nitrogen and oxygen atoms in total. The van der Waals surface area contributed by atoms with Gasteiger partial charge in [0.25, 0.3) is 0 Å². The fourth-order valence-corrected chi connectivity index (χ4v) is 2.41. The Morgan fingerprint density at radius 1 is 1.45 bits per heavy atom. The Bertz CT molecular complexity index is 331. The third-order valence-corrected chi connectivity index (χ3v) is 3.13. The van der Waals surface area contributed by atoms with E-state index in [-0.39, 0.29) is 0 Å². The number of rotatable bonds is 0. The van der Waals surface area contributed by atoms with Gasteiger partial charge in [-0.05, 0) is 17.2 Å². The summed E-state index contributed by atoms with van der Waals surface area (Å²) in [5.41, 5.74) is 2.05. The van der Waals surface area contributed by atoms with Gasteiger partial charge in [-0.25, -0.2) is 4.21 Å². The zero-order valence-electron chi connectivity index (χ0n) is 6.04. The van der Waals surface area contributed by atoms with Crippen LogP contribution in [0.3, 0.4) is 0 Å². The molecule has 0 aromatic rings. The molecule has 1 aliphatic carbocycles. The highest BCUT2D eigenvalue weighted by molar-refractivity contribution is 7.92. The predicted molar refractivity (Wildman–Crippen MR) is 47.2 cm³/mol. The van der Waals surface area contributed by atoms with E-state index in [0.717, 1.165) is 22.5 Å². The fourth-order valence-electron chi connectivity index (χ4n) is 1.28. The lowest BCUT2D eigenvalue weighted by Crippen LogP contribution is -1.97. The van der Waals surface area contributed by atoms with Gasteiger partial charge in [-0.15, -0.1) is 0 Å². The summed E-state index contributed by atoms with van der Waals surface area (Å²) in [6.07, 6.45) is 6.68. The first-order chi connectivity index (χ1) is 5.29. The van der Waals surface area contributed by atoms with Crippen molar-refractivity contribution in [3.63, 3.8) is 0 Å². The van der Waals surface area contributed by atoms with E-state index in [1.54, 1.807) is 5.41 Å². The second-order valence-corrected chi connectivity index (χ2v) is 3.93. The van der Waals surface area contributed by atoms with Gasteiger partial charge in [0.2, 0.25) is 0 Å². The van der Waals surface area contributed by atoms with Crippen molar-refractivity contribution in [1.82, 2.24) is 0 Å². The molecule has 0 radical (unpaired) electrons. The average Bonchev–Trinajstić information content (AvgIpc) is 2.45. The van der Waals surface area contributed by atoms with Crippen LogP contribution in [0, 0.1) is 0 Å². The summed E-state index contributed by atoms with van der Waals surface area (Å²) in [4.78, 5) is 1.01. The van der Waals surface area contributed by atoms with Crippen molar-refractivity contribution in [1.29, 1.82) is 0 Å². The van der Waals surface area contributed by atoms with Gasteiger partial charge in [0.15, 0.2) is 0 Å². The summed E-state index contributed by atoms with van der Waals surface area (Å²) in [6, 6.07) is 0. The molecule has 2 heteroatoms. The lowest BCUT2D eigenvalue weighted by Gasteiger charge is -2.08. The Kier molecular flexibility index (Phi) is 1.43. The minimum atomic E-state index is -0.891. The van der Waals surface area contributed by atoms with E-state index >= 15 is 0 Å². The molecule has 0 aromatic heterocycles. The van der Waals surface area contributed by atoms with E-state index in [4.69, 9.17) is 0 Å². The highest BCUT2D eigenvalue weighted by Crippen LogP contribution is 2.31. The Morgan fingerprint density at radius 2 is 2.27 bits per heavy atom. The maximum Gasteiger partial charge on any atom is 0.0744 e. The molecule has 0 saturated carbocycles. The molecule has 1 atom stereocenters. The molecule has 0 fully saturated rings. The molecule has 0 N–H and O–H groups in total. The minimum absolute atomic E-state index is 0.825. The molecule has 0 bridgehead atoms. The fraction of sp³-hybridized carbons (Fsp3) is 0.111. The summed E-state index contributed by atoms with van der Waals surface area (Å²) < 4.78 is 11.3. The smallest absolute Gasteiger partial charge is 0.0744 e. The third-order valence-electron chi connectivity index (χ3n) is 1.87. The molecule has 0 saturated heterocycles. The first kappa shape index (κ1) is 6.80. The van der Waals surface area contributed by atoms with Crippen LogP contribution in [-0.2, 0) is 10.8 Å². The van der Waals surface area contributed by atoms with Crippen LogP contribution < -0.4 is 0 Å². The average molecular weight is 164 g/mol. The topological polar surface area (TPSA) is 17.1 Å². The Balaban J connectivity index is 2.52. The van der Waals surface area contributed by atoms with E-state index in [2.05, 4.69) is 6.58 Å². The van der Waals surface area contributed by atoms with Crippen LogP contribution >= 0.6 is 0 Å². The molecular formula is C9H8OS. The predicted octanol–water partition coefficient (Wildman–Crippen LogP) is 2.03. The molecule has 0 amide bonds. The molecule has 1 aliphatic heterocycles. The summed E-state index contributed by atoms with van der Waals surface area (Å²) in [7, 11) is -0.891. The van der Waals surface area contributed by atoms with Crippen molar-refractivity contribution in [3.8, 4) is 0 Å². The van der Waals surface area contributed by atoms with E-state index in [1.807, 2.05) is 18.2 Å². The quantitative estimate of drug-likeness (QED) is 0.535. The largest absolute Gasteiger partial charge is 0.250 e. The summed E-state index contributed by atoms with van der Waals surface area (Å²) in [5, 5.41) is 1.70. The highest BCUT2D eigenvalue weighted by atomic mass is 32.2. The van der Waals surface area contributed by atoms with Gasteiger partial charge >= 0.3 is 0 Å². The first-order valence-electron chi connectivity index (χ1n) is 3.47. The molecule has 11 heavy (non-hydrogen) atoms. The monoisotopic (exact) mass is 164 g/mol. The number of hydrogen-bond donors (Lipinski definition) is 0. The van der Waals surface area contributed by atoms with Gasteiger partial charge in [0.05, 0.1) is 10.8 Å². The summed E-state index contributed by atoms with van der Waals surface area (Å²) in [5.74, 6) is 0. The SMILES string of the molecule is C=C1C=CS(=O)C2=C1C=CC2. The molecule has 2 aliphatic rings. The molecule has 1 unspecified atom stereocenters. The minimum Gasteiger partial charge on any atom is -0.250 e. The highest BCUT2D eigenvalue weighted by Gasteiger charge is 2.18. The van der Waals surface area contributed by atoms with Crippen LogP contribution in [0.5, 0.6) is 0 Å². The molecule has 0 spiro atoms. The lowest BCUT2D eigenvalue weighted by atomic mass is 10.1. The maximum atomic E-state index is 11.3. The first-order valence-corrected chi connectivity index (χ1v) is 4.68. The zero-order chi connectivity index (χ0) is 7.84. The van der Waals surface area contributed by atoms with Crippen LogP contribution in [0.25, 0.3) is 0 Å². The van der Waals surface area contributed by atoms with Crippen molar-refractivity contribution in [3.05, 3.63) is 46.3 Å². The van der Waals surface area contributed by atoms with Crippen LogP contribution in [0.1, 0.15) is 6.42 Å². The summed E-state index contributed by atoms with van der Waals surface area (Å²) >= 11 is 0. The molecule has 1 heterocycles. The van der Waals surface area contributed by atoms with E-state index in [9.17, 15) is 4.21 Å². The van der Waals surface area contributed by atoms with Gasteiger partial charge in [-0.2, -0.15) is 0 Å². The van der Waals surface area contributed by atoms with Crippen molar-refractivity contribution in [2.24, 2.45) is 0 Å². The Morgan fingerprint density at radius 3 is 3.00 bits per heavy atom. The van der Waals surface area contributed by atoms with E-state index in [0.29, 0.717) is 0 Å². The van der Waals surface area contributed by atoms with Crippen LogP contribution in [-0.4, -0.2) is 4.21 Å².